The summed E-state index contributed by atoms with van der Waals surface area (Å²) in [6.07, 6.45) is 0. The minimum atomic E-state index is 0.700. The normalized spacial score (nSPS) is 13.2. The maximum Gasteiger partial charge on any atom is 0.154 e. The summed E-state index contributed by atoms with van der Waals surface area (Å²) in [5, 5.41) is 7.69. The van der Waals surface area contributed by atoms with Gasteiger partial charge in [-0.2, -0.15) is 5.10 Å². The van der Waals surface area contributed by atoms with Crippen LogP contribution in [0, 0.1) is 6.92 Å². The number of benzene rings is 4. The van der Waals surface area contributed by atoms with Crippen molar-refractivity contribution in [3.63, 3.8) is 0 Å². The molecular formula is C25H18ClN3. The number of amidine groups is 1. The molecule has 140 valence electrons. The summed E-state index contributed by atoms with van der Waals surface area (Å²) in [5.41, 5.74) is 9.13. The highest BCUT2D eigenvalue weighted by molar-refractivity contribution is 6.31. The third-order valence-corrected chi connectivity index (χ3v) is 5.35. The highest BCUT2D eigenvalue weighted by Gasteiger charge is 2.19. The average molecular weight is 396 g/mol. The molecule has 0 atom stereocenters. The van der Waals surface area contributed by atoms with E-state index < -0.39 is 0 Å². The number of aryl methyl sites for hydroxylation is 1. The smallest absolute Gasteiger partial charge is 0.154 e. The summed E-state index contributed by atoms with van der Waals surface area (Å²) in [4.78, 5) is 5.03. The molecule has 0 bridgehead atoms. The first-order valence-corrected chi connectivity index (χ1v) is 9.84. The van der Waals surface area contributed by atoms with E-state index in [2.05, 4.69) is 60.9 Å². The second kappa shape index (κ2) is 7.19. The molecule has 29 heavy (non-hydrogen) atoms. The van der Waals surface area contributed by atoms with E-state index >= 15 is 0 Å². The third kappa shape index (κ3) is 3.30. The molecule has 0 amide bonds. The maximum absolute atomic E-state index is 6.10. The summed E-state index contributed by atoms with van der Waals surface area (Å²) in [5.74, 6) is 0.728. The number of halogens is 1. The summed E-state index contributed by atoms with van der Waals surface area (Å²) >= 11 is 6.10. The molecular weight excluding hydrogens is 378 g/mol. The predicted molar refractivity (Wildman–Crippen MR) is 122 cm³/mol. The van der Waals surface area contributed by atoms with Crippen LogP contribution in [0.25, 0.3) is 10.8 Å². The van der Waals surface area contributed by atoms with Crippen molar-refractivity contribution in [2.75, 3.05) is 0 Å². The van der Waals surface area contributed by atoms with Crippen LogP contribution in [-0.2, 0) is 0 Å². The Morgan fingerprint density at radius 1 is 0.759 bits per heavy atom. The van der Waals surface area contributed by atoms with E-state index in [1.807, 2.05) is 36.4 Å². The Kier molecular flexibility index (Phi) is 4.38. The molecule has 1 N–H and O–H groups in total. The van der Waals surface area contributed by atoms with Crippen LogP contribution in [0.3, 0.4) is 0 Å². The van der Waals surface area contributed by atoms with Crippen LogP contribution in [-0.4, -0.2) is 11.5 Å². The van der Waals surface area contributed by atoms with Crippen LogP contribution in [0.1, 0.15) is 22.3 Å². The van der Waals surface area contributed by atoms with Crippen molar-refractivity contribution >= 4 is 39.6 Å². The molecule has 0 radical (unpaired) electrons. The van der Waals surface area contributed by atoms with E-state index in [1.165, 1.54) is 5.56 Å². The van der Waals surface area contributed by atoms with Gasteiger partial charge in [-0.05, 0) is 30.5 Å². The molecule has 1 aliphatic rings. The van der Waals surface area contributed by atoms with Crippen molar-refractivity contribution in [2.45, 2.75) is 6.92 Å². The lowest BCUT2D eigenvalue weighted by molar-refractivity contribution is 1.03. The number of nitrogens with one attached hydrogen (secondary N) is 1. The summed E-state index contributed by atoms with van der Waals surface area (Å²) < 4.78 is 0. The second-order valence-electron chi connectivity index (χ2n) is 7.09. The number of fused-ring (bicyclic) bond motifs is 3. The van der Waals surface area contributed by atoms with E-state index in [-0.39, 0.29) is 0 Å². The topological polar surface area (TPSA) is 36.8 Å². The Balaban J connectivity index is 1.76. The van der Waals surface area contributed by atoms with Gasteiger partial charge in [-0.25, -0.2) is 4.99 Å². The molecule has 0 saturated carbocycles. The Hall–Kier alpha value is -3.43. The first-order valence-electron chi connectivity index (χ1n) is 9.46. The molecule has 4 heteroatoms. The second-order valence-corrected chi connectivity index (χ2v) is 7.52. The average Bonchev–Trinajstić information content (AvgIpc) is 2.95. The zero-order valence-electron chi connectivity index (χ0n) is 15.9. The fraction of sp³-hybridized carbons (Fsp3) is 0.0400. The van der Waals surface area contributed by atoms with E-state index in [4.69, 9.17) is 21.7 Å². The van der Waals surface area contributed by atoms with Crippen molar-refractivity contribution in [1.82, 2.24) is 5.43 Å². The fourth-order valence-corrected chi connectivity index (χ4v) is 3.67. The molecule has 0 aliphatic carbocycles. The van der Waals surface area contributed by atoms with Gasteiger partial charge in [-0.15, -0.1) is 0 Å². The number of hydrazone groups is 1. The Labute approximate surface area is 174 Å². The van der Waals surface area contributed by atoms with Crippen molar-refractivity contribution in [3.05, 3.63) is 112 Å². The fourth-order valence-electron chi connectivity index (χ4n) is 3.54. The lowest BCUT2D eigenvalue weighted by Crippen LogP contribution is -2.19. The minimum absolute atomic E-state index is 0.700. The van der Waals surface area contributed by atoms with Gasteiger partial charge in [-0.1, -0.05) is 83.9 Å². The van der Waals surface area contributed by atoms with Gasteiger partial charge >= 0.3 is 0 Å². The van der Waals surface area contributed by atoms with Crippen molar-refractivity contribution in [3.8, 4) is 0 Å². The largest absolute Gasteiger partial charge is 0.260 e. The maximum atomic E-state index is 6.10. The van der Waals surface area contributed by atoms with Crippen LogP contribution in [0.15, 0.2) is 95.0 Å². The zero-order valence-corrected chi connectivity index (χ0v) is 16.6. The number of hydrogen-bond donors (Lipinski definition) is 1. The van der Waals surface area contributed by atoms with E-state index in [1.54, 1.807) is 0 Å². The van der Waals surface area contributed by atoms with Gasteiger partial charge in [0, 0.05) is 27.1 Å². The minimum Gasteiger partial charge on any atom is -0.260 e. The van der Waals surface area contributed by atoms with Crippen LogP contribution < -0.4 is 5.43 Å². The van der Waals surface area contributed by atoms with Gasteiger partial charge < -0.3 is 0 Å². The number of aliphatic imine (C=N–C) groups is 1. The lowest BCUT2D eigenvalue weighted by atomic mass is 9.97. The summed E-state index contributed by atoms with van der Waals surface area (Å²) in [7, 11) is 0. The van der Waals surface area contributed by atoms with E-state index in [0.29, 0.717) is 5.02 Å². The SMILES string of the molecule is Cc1ccc(C2=Nc3c(ccc4ccccc34)C(c3ccc(Cl)cc3)=NN2)cc1. The van der Waals surface area contributed by atoms with Crippen molar-refractivity contribution < 1.29 is 0 Å². The number of hydrogen-bond acceptors (Lipinski definition) is 3. The van der Waals surface area contributed by atoms with Crippen molar-refractivity contribution in [2.24, 2.45) is 10.1 Å². The monoisotopic (exact) mass is 395 g/mol. The van der Waals surface area contributed by atoms with Crippen LogP contribution >= 0.6 is 11.6 Å². The molecule has 5 rings (SSSR count). The summed E-state index contributed by atoms with van der Waals surface area (Å²) in [6, 6.07) is 28.5. The van der Waals surface area contributed by atoms with E-state index in [0.717, 1.165) is 44.7 Å². The van der Waals surface area contributed by atoms with Gasteiger partial charge in [-0.3, -0.25) is 5.43 Å². The number of rotatable bonds is 2. The lowest BCUT2D eigenvalue weighted by Gasteiger charge is -2.10. The predicted octanol–water partition coefficient (Wildman–Crippen LogP) is 6.24. The van der Waals surface area contributed by atoms with Crippen molar-refractivity contribution in [1.29, 1.82) is 0 Å². The molecule has 0 aromatic heterocycles. The molecule has 1 aliphatic heterocycles. The van der Waals surface area contributed by atoms with Gasteiger partial charge in [0.1, 0.15) is 0 Å². The van der Waals surface area contributed by atoms with Crippen LogP contribution in [0.5, 0.6) is 0 Å². The standard InChI is InChI=1S/C25H18ClN3/c1-16-6-8-19(9-7-16)25-27-24-21-5-3-2-4-17(21)12-15-22(24)23(28-29-25)18-10-13-20(26)14-11-18/h2-15H,1H3,(H,27,29). The highest BCUT2D eigenvalue weighted by atomic mass is 35.5. The van der Waals surface area contributed by atoms with Gasteiger partial charge in [0.2, 0.25) is 0 Å². The molecule has 4 aromatic carbocycles. The molecule has 0 spiro atoms. The van der Waals surface area contributed by atoms with Gasteiger partial charge in [0.05, 0.1) is 11.4 Å². The van der Waals surface area contributed by atoms with Crippen LogP contribution in [0.4, 0.5) is 5.69 Å². The first kappa shape index (κ1) is 17.7. The van der Waals surface area contributed by atoms with Gasteiger partial charge in [0.15, 0.2) is 5.84 Å². The van der Waals surface area contributed by atoms with Crippen LogP contribution in [0.2, 0.25) is 5.02 Å². The Morgan fingerprint density at radius 3 is 2.28 bits per heavy atom. The Bertz CT molecular complexity index is 1270. The molecule has 0 fully saturated rings. The molecule has 1 heterocycles. The van der Waals surface area contributed by atoms with Gasteiger partial charge in [0.25, 0.3) is 0 Å². The first-order chi connectivity index (χ1) is 14.2. The number of nitrogens with zero attached hydrogens (tertiary/aromatic N) is 2. The highest BCUT2D eigenvalue weighted by Crippen LogP contribution is 2.34. The third-order valence-electron chi connectivity index (χ3n) is 5.10. The Morgan fingerprint density at radius 2 is 1.48 bits per heavy atom. The molecule has 4 aromatic rings. The van der Waals surface area contributed by atoms with E-state index in [9.17, 15) is 0 Å². The molecule has 3 nitrogen and oxygen atoms in total. The molecule has 0 unspecified atom stereocenters. The summed E-state index contributed by atoms with van der Waals surface area (Å²) in [6.45, 7) is 2.08. The quantitative estimate of drug-likeness (QED) is 0.428. The molecule has 0 saturated heterocycles. The zero-order chi connectivity index (χ0) is 19.8.